The summed E-state index contributed by atoms with van der Waals surface area (Å²) in [6.45, 7) is 15.5. The molecular weight excluding hydrogens is 318 g/mol. The zero-order chi connectivity index (χ0) is 18.2. The number of hydrogen-bond donors (Lipinski definition) is 0. The van der Waals surface area contributed by atoms with Crippen LogP contribution in [-0.2, 0) is 0 Å². The summed E-state index contributed by atoms with van der Waals surface area (Å²) in [5, 5.41) is 0. The highest BCUT2D eigenvalue weighted by Gasteiger charge is 2.48. The van der Waals surface area contributed by atoms with Crippen LogP contribution in [0.1, 0.15) is 65.2 Å². The third-order valence-electron chi connectivity index (χ3n) is 8.24. The van der Waals surface area contributed by atoms with Crippen molar-refractivity contribution in [3.8, 4) is 0 Å². The summed E-state index contributed by atoms with van der Waals surface area (Å²) in [6.07, 6.45) is 12.0. The molecule has 0 radical (unpaired) electrons. The van der Waals surface area contributed by atoms with E-state index in [1.54, 1.807) is 0 Å². The summed E-state index contributed by atoms with van der Waals surface area (Å²) in [4.78, 5) is 8.05. The second kappa shape index (κ2) is 7.72. The maximum atomic E-state index is 2.84. The number of nitrogens with zero attached hydrogens (tertiary/aromatic N) is 3. The van der Waals surface area contributed by atoms with Crippen LogP contribution in [0, 0.1) is 22.7 Å². The topological polar surface area (TPSA) is 9.72 Å². The molecular formula is C23H43N3. The molecule has 2 saturated heterocycles. The second-order valence-corrected chi connectivity index (χ2v) is 11.1. The molecule has 0 aromatic carbocycles. The molecule has 3 nitrogen and oxygen atoms in total. The highest BCUT2D eigenvalue weighted by molar-refractivity contribution is 5.01. The standard InChI is InChI=1S/C23H43N3/c1-20(2)4-5-22(6-7-22)19-26-10-8-23(9-11-26)16-21(17-23)18-25-14-12-24(3)13-15-25/h20-21H,4-19H2,1-3H3. The normalized spacial score (nSPS) is 30.0. The highest BCUT2D eigenvalue weighted by Crippen LogP contribution is 2.55. The average molecular weight is 362 g/mol. The Hall–Kier alpha value is -0.120. The molecule has 2 aliphatic heterocycles. The third-order valence-corrected chi connectivity index (χ3v) is 8.24. The van der Waals surface area contributed by atoms with E-state index in [4.69, 9.17) is 0 Å². The van der Waals surface area contributed by atoms with Gasteiger partial charge in [0.05, 0.1) is 0 Å². The lowest BCUT2D eigenvalue weighted by Gasteiger charge is -2.54. The molecule has 4 aliphatic rings. The molecule has 2 saturated carbocycles. The monoisotopic (exact) mass is 361 g/mol. The van der Waals surface area contributed by atoms with Crippen LogP contribution in [0.2, 0.25) is 0 Å². The van der Waals surface area contributed by atoms with Gasteiger partial charge in [0.2, 0.25) is 0 Å². The van der Waals surface area contributed by atoms with Crippen LogP contribution in [0.5, 0.6) is 0 Å². The SMILES string of the molecule is CC(C)CCC1(CN2CCC3(CC2)CC(CN2CCN(C)CC2)C3)CC1. The fraction of sp³-hybridized carbons (Fsp3) is 1.00. The molecule has 0 aromatic heterocycles. The van der Waals surface area contributed by atoms with Crippen LogP contribution in [0.15, 0.2) is 0 Å². The predicted octanol–water partition coefficient (Wildman–Crippen LogP) is 3.94. The summed E-state index contributed by atoms with van der Waals surface area (Å²) < 4.78 is 0. The van der Waals surface area contributed by atoms with E-state index in [0.717, 1.165) is 22.7 Å². The van der Waals surface area contributed by atoms with E-state index in [1.807, 2.05) is 0 Å². The Kier molecular flexibility index (Phi) is 5.70. The molecule has 0 aromatic rings. The van der Waals surface area contributed by atoms with Crippen LogP contribution >= 0.6 is 0 Å². The molecule has 4 fully saturated rings. The van der Waals surface area contributed by atoms with E-state index in [-0.39, 0.29) is 0 Å². The minimum absolute atomic E-state index is 0.734. The van der Waals surface area contributed by atoms with Crippen molar-refractivity contribution in [1.82, 2.24) is 14.7 Å². The fourth-order valence-corrected chi connectivity index (χ4v) is 6.02. The molecule has 3 heteroatoms. The van der Waals surface area contributed by atoms with Crippen LogP contribution in [0.3, 0.4) is 0 Å². The Labute approximate surface area is 162 Å². The number of likely N-dealkylation sites (N-methyl/N-ethyl adjacent to an activating group) is 1. The lowest BCUT2D eigenvalue weighted by atomic mass is 9.57. The molecule has 2 heterocycles. The van der Waals surface area contributed by atoms with E-state index < -0.39 is 0 Å². The highest BCUT2D eigenvalue weighted by atomic mass is 15.2. The van der Waals surface area contributed by atoms with E-state index in [9.17, 15) is 0 Å². The van der Waals surface area contributed by atoms with Gasteiger partial charge < -0.3 is 14.7 Å². The zero-order valence-electron chi connectivity index (χ0n) is 17.8. The van der Waals surface area contributed by atoms with E-state index in [2.05, 4.69) is 35.6 Å². The molecule has 26 heavy (non-hydrogen) atoms. The fourth-order valence-electron chi connectivity index (χ4n) is 6.02. The Morgan fingerprint density at radius 2 is 1.50 bits per heavy atom. The maximum absolute atomic E-state index is 2.84. The molecule has 4 rings (SSSR count). The molecule has 1 spiro atoms. The Bertz CT molecular complexity index is 446. The second-order valence-electron chi connectivity index (χ2n) is 11.1. The molecule has 150 valence electrons. The third kappa shape index (κ3) is 4.64. The lowest BCUT2D eigenvalue weighted by Crippen LogP contribution is -2.52. The van der Waals surface area contributed by atoms with Crippen LogP contribution in [0.25, 0.3) is 0 Å². The average Bonchev–Trinajstić information content (AvgIpc) is 3.35. The zero-order valence-corrected chi connectivity index (χ0v) is 17.8. The van der Waals surface area contributed by atoms with Crippen LogP contribution < -0.4 is 0 Å². The van der Waals surface area contributed by atoms with E-state index >= 15 is 0 Å². The first-order valence-electron chi connectivity index (χ1n) is 11.6. The molecule has 0 bridgehead atoms. The summed E-state index contributed by atoms with van der Waals surface area (Å²) in [5.41, 5.74) is 1.49. The Morgan fingerprint density at radius 3 is 2.08 bits per heavy atom. The summed E-state index contributed by atoms with van der Waals surface area (Å²) >= 11 is 0. The first-order chi connectivity index (χ1) is 12.5. The van der Waals surface area contributed by atoms with Crippen molar-refractivity contribution in [1.29, 1.82) is 0 Å². The first-order valence-corrected chi connectivity index (χ1v) is 11.6. The minimum atomic E-state index is 0.734. The van der Waals surface area contributed by atoms with E-state index in [1.165, 1.54) is 104 Å². The summed E-state index contributed by atoms with van der Waals surface area (Å²) in [5.74, 6) is 1.88. The largest absolute Gasteiger partial charge is 0.304 e. The van der Waals surface area contributed by atoms with Gasteiger partial charge in [-0.15, -0.1) is 0 Å². The molecule has 2 aliphatic carbocycles. The van der Waals surface area contributed by atoms with Gasteiger partial charge in [0.1, 0.15) is 0 Å². The number of hydrogen-bond acceptors (Lipinski definition) is 3. The van der Waals surface area contributed by atoms with Crippen molar-refractivity contribution in [2.24, 2.45) is 22.7 Å². The van der Waals surface area contributed by atoms with Crippen LogP contribution in [0.4, 0.5) is 0 Å². The van der Waals surface area contributed by atoms with E-state index in [0.29, 0.717) is 0 Å². The molecule has 0 atom stereocenters. The van der Waals surface area contributed by atoms with Crippen molar-refractivity contribution >= 4 is 0 Å². The van der Waals surface area contributed by atoms with Crippen LogP contribution in [-0.4, -0.2) is 74.1 Å². The number of rotatable bonds is 7. The van der Waals surface area contributed by atoms with Crippen molar-refractivity contribution in [3.05, 3.63) is 0 Å². The molecule has 0 amide bonds. The van der Waals surface area contributed by atoms with Gasteiger partial charge >= 0.3 is 0 Å². The van der Waals surface area contributed by atoms with Gasteiger partial charge in [0.25, 0.3) is 0 Å². The first kappa shape index (κ1) is 19.2. The minimum Gasteiger partial charge on any atom is -0.304 e. The maximum Gasteiger partial charge on any atom is 0.0110 e. The summed E-state index contributed by atoms with van der Waals surface area (Å²) in [7, 11) is 2.26. The van der Waals surface area contributed by atoms with Gasteiger partial charge in [-0.1, -0.05) is 20.3 Å². The Morgan fingerprint density at radius 1 is 0.846 bits per heavy atom. The predicted molar refractivity (Wildman–Crippen MR) is 111 cm³/mol. The number of piperazine rings is 1. The molecule has 0 unspecified atom stereocenters. The van der Waals surface area contributed by atoms with Gasteiger partial charge in [-0.25, -0.2) is 0 Å². The van der Waals surface area contributed by atoms with Gasteiger partial charge in [0.15, 0.2) is 0 Å². The summed E-state index contributed by atoms with van der Waals surface area (Å²) in [6, 6.07) is 0. The number of likely N-dealkylation sites (tertiary alicyclic amines) is 1. The van der Waals surface area contributed by atoms with Gasteiger partial charge in [-0.3, -0.25) is 0 Å². The molecule has 0 N–H and O–H groups in total. The number of piperidine rings is 1. The van der Waals surface area contributed by atoms with Crippen molar-refractivity contribution < 1.29 is 0 Å². The lowest BCUT2D eigenvalue weighted by molar-refractivity contribution is -0.0334. The van der Waals surface area contributed by atoms with Crippen molar-refractivity contribution in [3.63, 3.8) is 0 Å². The van der Waals surface area contributed by atoms with Crippen molar-refractivity contribution in [2.75, 3.05) is 59.4 Å². The smallest absolute Gasteiger partial charge is 0.0110 e. The van der Waals surface area contributed by atoms with Gasteiger partial charge in [-0.05, 0) is 87.7 Å². The van der Waals surface area contributed by atoms with Gasteiger partial charge in [-0.2, -0.15) is 0 Å². The Balaban J connectivity index is 1.15. The quantitative estimate of drug-likeness (QED) is 0.680. The van der Waals surface area contributed by atoms with Crippen molar-refractivity contribution in [2.45, 2.75) is 65.2 Å². The van der Waals surface area contributed by atoms with Gasteiger partial charge in [0, 0.05) is 39.3 Å².